The van der Waals surface area contributed by atoms with Gasteiger partial charge in [-0.15, -0.1) is 10.2 Å². The average Bonchev–Trinajstić information content (AvgIpc) is 3.35. The minimum Gasteiger partial charge on any atom is -0.320 e. The van der Waals surface area contributed by atoms with E-state index < -0.39 is 10.0 Å². The van der Waals surface area contributed by atoms with E-state index in [1.54, 1.807) is 10.4 Å². The van der Waals surface area contributed by atoms with E-state index in [9.17, 15) is 13.2 Å². The molecule has 2 aliphatic rings. The lowest BCUT2D eigenvalue weighted by molar-refractivity contribution is 0.102. The van der Waals surface area contributed by atoms with Crippen LogP contribution in [0.1, 0.15) is 57.5 Å². The van der Waals surface area contributed by atoms with Crippen molar-refractivity contribution in [2.45, 2.75) is 49.3 Å². The molecule has 1 aliphatic heterocycles. The lowest BCUT2D eigenvalue weighted by atomic mass is 9.92. The predicted octanol–water partition coefficient (Wildman–Crippen LogP) is 4.24. The number of rotatable bonds is 5. The van der Waals surface area contributed by atoms with Crippen molar-refractivity contribution in [1.29, 1.82) is 0 Å². The summed E-state index contributed by atoms with van der Waals surface area (Å²) in [5.74, 6) is -0.374. The summed E-state index contributed by atoms with van der Waals surface area (Å²) in [5, 5.41) is 12.1. The van der Waals surface area contributed by atoms with E-state index in [1.807, 2.05) is 42.5 Å². The molecule has 0 spiro atoms. The van der Waals surface area contributed by atoms with E-state index in [1.165, 1.54) is 23.3 Å². The molecular formula is C24H26N4O3S2. The van der Waals surface area contributed by atoms with Crippen molar-refractivity contribution >= 4 is 33.0 Å². The molecule has 0 bridgehead atoms. The van der Waals surface area contributed by atoms with E-state index >= 15 is 0 Å². The number of hydrogen-bond acceptors (Lipinski definition) is 6. The summed E-state index contributed by atoms with van der Waals surface area (Å²) in [6.07, 6.45) is 5.82. The van der Waals surface area contributed by atoms with Crippen LogP contribution >= 0.6 is 11.3 Å². The summed E-state index contributed by atoms with van der Waals surface area (Å²) >= 11 is 1.24. The van der Waals surface area contributed by atoms with Crippen LogP contribution in [0, 0.1) is 0 Å². The van der Waals surface area contributed by atoms with Gasteiger partial charge in [-0.2, -0.15) is 4.31 Å². The predicted molar refractivity (Wildman–Crippen MR) is 128 cm³/mol. The molecule has 7 nitrogen and oxygen atoms in total. The smallest absolute Gasteiger partial charge is 0.286 e. The van der Waals surface area contributed by atoms with Gasteiger partial charge in [-0.3, -0.25) is 4.79 Å². The lowest BCUT2D eigenvalue weighted by Crippen LogP contribution is -2.39. The van der Waals surface area contributed by atoms with Gasteiger partial charge in [0.05, 0.1) is 4.90 Å². The number of carbonyl (C=O) groups is 1. The summed E-state index contributed by atoms with van der Waals surface area (Å²) < 4.78 is 28.4. The highest BCUT2D eigenvalue weighted by Crippen LogP contribution is 2.33. The average molecular weight is 483 g/mol. The van der Waals surface area contributed by atoms with Gasteiger partial charge < -0.3 is 5.32 Å². The van der Waals surface area contributed by atoms with Gasteiger partial charge in [0.15, 0.2) is 0 Å². The van der Waals surface area contributed by atoms with Crippen LogP contribution in [0.3, 0.4) is 0 Å². The van der Waals surface area contributed by atoms with Crippen LogP contribution < -0.4 is 5.32 Å². The molecule has 1 amide bonds. The number of hydrogen-bond donors (Lipinski definition) is 1. The Labute approximate surface area is 197 Å². The van der Waals surface area contributed by atoms with Crippen LogP contribution in [-0.4, -0.2) is 41.9 Å². The molecule has 1 saturated heterocycles. The highest BCUT2D eigenvalue weighted by atomic mass is 32.2. The van der Waals surface area contributed by atoms with Crippen molar-refractivity contribution in [2.75, 3.05) is 18.4 Å². The first kappa shape index (κ1) is 22.2. The monoisotopic (exact) mass is 482 g/mol. The Morgan fingerprint density at radius 2 is 1.79 bits per heavy atom. The van der Waals surface area contributed by atoms with Crippen LogP contribution in [0.15, 0.2) is 53.4 Å². The van der Waals surface area contributed by atoms with Crippen LogP contribution in [0.5, 0.6) is 0 Å². The van der Waals surface area contributed by atoms with E-state index in [-0.39, 0.29) is 16.8 Å². The number of fused-ring (bicyclic) bond motifs is 1. The van der Waals surface area contributed by atoms with Gasteiger partial charge in [0.25, 0.3) is 5.91 Å². The van der Waals surface area contributed by atoms with Crippen molar-refractivity contribution in [1.82, 2.24) is 14.5 Å². The molecule has 2 heterocycles. The summed E-state index contributed by atoms with van der Waals surface area (Å²) in [6, 6.07) is 14.8. The summed E-state index contributed by atoms with van der Waals surface area (Å²) in [7, 11) is -3.58. The van der Waals surface area contributed by atoms with Crippen LogP contribution in [-0.2, 0) is 22.9 Å². The lowest BCUT2D eigenvalue weighted by Gasteiger charge is -2.31. The zero-order chi connectivity index (χ0) is 22.8. The maximum Gasteiger partial charge on any atom is 0.286 e. The SMILES string of the molecule is O=C(Nc1ccccc1)c1nnc(C2CCCN(S(=O)(=O)c3ccc4c(c3)CCCC4)C2)s1. The standard InChI is InChI=1S/C24H26N4O3S2/c29-22(25-20-10-2-1-3-11-20)24-27-26-23(32-24)19-9-6-14-28(16-19)33(30,31)21-13-12-17-7-4-5-8-18(17)15-21/h1-3,10-13,15,19H,4-9,14,16H2,(H,25,29). The van der Waals surface area contributed by atoms with Crippen LogP contribution in [0.4, 0.5) is 5.69 Å². The fourth-order valence-electron chi connectivity index (χ4n) is 4.58. The molecule has 3 aromatic rings. The molecule has 1 aromatic heterocycles. The zero-order valence-electron chi connectivity index (χ0n) is 18.2. The number of amides is 1. The molecule has 1 aliphatic carbocycles. The fourth-order valence-corrected chi connectivity index (χ4v) is 7.02. The first-order valence-corrected chi connectivity index (χ1v) is 13.6. The molecular weight excluding hydrogens is 456 g/mol. The second kappa shape index (κ2) is 9.32. The normalized spacial score (nSPS) is 19.1. The summed E-state index contributed by atoms with van der Waals surface area (Å²) in [4.78, 5) is 12.9. The maximum absolute atomic E-state index is 13.4. The Balaban J connectivity index is 1.30. The second-order valence-electron chi connectivity index (χ2n) is 8.61. The van der Waals surface area contributed by atoms with E-state index in [4.69, 9.17) is 0 Å². The van der Waals surface area contributed by atoms with Crippen molar-refractivity contribution < 1.29 is 13.2 Å². The highest BCUT2D eigenvalue weighted by Gasteiger charge is 2.33. The molecule has 172 valence electrons. The molecule has 0 radical (unpaired) electrons. The molecule has 2 aromatic carbocycles. The number of nitrogens with zero attached hydrogens (tertiary/aromatic N) is 3. The number of nitrogens with one attached hydrogen (secondary N) is 1. The van der Waals surface area contributed by atoms with Crippen molar-refractivity contribution in [2.24, 2.45) is 0 Å². The van der Waals surface area contributed by atoms with E-state index in [0.717, 1.165) is 37.7 Å². The Hall–Kier alpha value is -2.62. The van der Waals surface area contributed by atoms with Gasteiger partial charge in [-0.1, -0.05) is 35.6 Å². The van der Waals surface area contributed by atoms with E-state index in [0.29, 0.717) is 28.7 Å². The van der Waals surface area contributed by atoms with Gasteiger partial charge in [-0.25, -0.2) is 8.42 Å². The molecule has 0 saturated carbocycles. The summed E-state index contributed by atoms with van der Waals surface area (Å²) in [5.41, 5.74) is 3.13. The van der Waals surface area contributed by atoms with Crippen molar-refractivity contribution in [3.63, 3.8) is 0 Å². The number of anilines is 1. The van der Waals surface area contributed by atoms with Gasteiger partial charge in [0, 0.05) is 24.7 Å². The molecule has 5 rings (SSSR count). The molecule has 1 unspecified atom stereocenters. The molecule has 9 heteroatoms. The number of piperidine rings is 1. The van der Waals surface area contributed by atoms with E-state index in [2.05, 4.69) is 15.5 Å². The quantitative estimate of drug-likeness (QED) is 0.587. The third-order valence-corrected chi connectivity index (χ3v) is 9.30. The number of benzene rings is 2. The number of aryl methyl sites for hydroxylation is 2. The minimum absolute atomic E-state index is 0.0677. The highest BCUT2D eigenvalue weighted by molar-refractivity contribution is 7.89. The molecule has 33 heavy (non-hydrogen) atoms. The zero-order valence-corrected chi connectivity index (χ0v) is 19.9. The number of para-hydroxylation sites is 1. The number of carbonyl (C=O) groups excluding carboxylic acids is 1. The Morgan fingerprint density at radius 1 is 1.00 bits per heavy atom. The first-order chi connectivity index (χ1) is 16.0. The topological polar surface area (TPSA) is 92.3 Å². The van der Waals surface area contributed by atoms with Crippen LogP contribution in [0.25, 0.3) is 0 Å². The van der Waals surface area contributed by atoms with Gasteiger partial charge >= 0.3 is 0 Å². The Morgan fingerprint density at radius 3 is 2.61 bits per heavy atom. The summed E-state index contributed by atoms with van der Waals surface area (Å²) in [6.45, 7) is 0.852. The number of sulfonamides is 1. The Kier molecular flexibility index (Phi) is 6.27. The fraction of sp³-hybridized carbons (Fsp3) is 0.375. The first-order valence-electron chi connectivity index (χ1n) is 11.3. The van der Waals surface area contributed by atoms with Gasteiger partial charge in [0.1, 0.15) is 5.01 Å². The van der Waals surface area contributed by atoms with Crippen molar-refractivity contribution in [3.05, 3.63) is 69.7 Å². The largest absolute Gasteiger partial charge is 0.320 e. The molecule has 1 fully saturated rings. The van der Waals surface area contributed by atoms with Crippen LogP contribution in [0.2, 0.25) is 0 Å². The number of aromatic nitrogens is 2. The third-order valence-electron chi connectivity index (χ3n) is 6.36. The van der Waals surface area contributed by atoms with Gasteiger partial charge in [-0.05, 0) is 73.9 Å². The molecule has 1 N–H and O–H groups in total. The molecule has 1 atom stereocenters. The Bertz CT molecular complexity index is 1260. The maximum atomic E-state index is 13.4. The van der Waals surface area contributed by atoms with Crippen molar-refractivity contribution in [3.8, 4) is 0 Å². The minimum atomic E-state index is -3.58. The second-order valence-corrected chi connectivity index (χ2v) is 11.6. The van der Waals surface area contributed by atoms with Gasteiger partial charge in [0.2, 0.25) is 15.0 Å². The third kappa shape index (κ3) is 4.71.